The zero-order valence-corrected chi connectivity index (χ0v) is 14.2. The van der Waals surface area contributed by atoms with Gasteiger partial charge in [-0.15, -0.1) is 10.2 Å². The lowest BCUT2D eigenvalue weighted by Crippen LogP contribution is -2.14. The van der Waals surface area contributed by atoms with Gasteiger partial charge in [-0.3, -0.25) is 9.36 Å². The Labute approximate surface area is 144 Å². The minimum atomic E-state index is -0.372. The van der Waals surface area contributed by atoms with Crippen molar-refractivity contribution in [3.05, 3.63) is 71.5 Å². The fourth-order valence-electron chi connectivity index (χ4n) is 2.38. The first-order valence-corrected chi connectivity index (χ1v) is 8.58. The van der Waals surface area contributed by atoms with Crippen LogP contribution in [0.25, 0.3) is 5.69 Å². The summed E-state index contributed by atoms with van der Waals surface area (Å²) < 4.78 is 1.99. The minimum Gasteiger partial charge on any atom is -0.369 e. The Balaban J connectivity index is 1.98. The lowest BCUT2D eigenvalue weighted by Gasteiger charge is -2.10. The monoisotopic (exact) mass is 338 g/mol. The van der Waals surface area contributed by atoms with E-state index in [2.05, 4.69) is 22.3 Å². The van der Waals surface area contributed by atoms with Crippen molar-refractivity contribution >= 4 is 17.7 Å². The van der Waals surface area contributed by atoms with Gasteiger partial charge in [0, 0.05) is 12.1 Å². The summed E-state index contributed by atoms with van der Waals surface area (Å²) in [6, 6.07) is 18.3. The van der Waals surface area contributed by atoms with Crippen LogP contribution in [0.15, 0.2) is 59.8 Å². The molecule has 0 aliphatic carbocycles. The molecular weight excluding hydrogens is 320 g/mol. The smallest absolute Gasteiger partial charge is 0.227 e. The lowest BCUT2D eigenvalue weighted by molar-refractivity contribution is -0.115. The number of carbonyl (C=O) groups excluding carboxylic acids is 1. The maximum absolute atomic E-state index is 11.1. The zero-order chi connectivity index (χ0) is 16.9. The number of nitrogens with zero attached hydrogens (tertiary/aromatic N) is 3. The highest BCUT2D eigenvalue weighted by Crippen LogP contribution is 2.23. The van der Waals surface area contributed by atoms with Gasteiger partial charge in [0.15, 0.2) is 5.16 Å². The number of carbonyl (C=O) groups is 1. The topological polar surface area (TPSA) is 73.8 Å². The van der Waals surface area contributed by atoms with E-state index in [1.54, 1.807) is 0 Å². The molecule has 0 atom stereocenters. The van der Waals surface area contributed by atoms with Crippen LogP contribution in [0.1, 0.15) is 17.0 Å². The highest BCUT2D eigenvalue weighted by molar-refractivity contribution is 7.99. The second-order valence-electron chi connectivity index (χ2n) is 5.49. The van der Waals surface area contributed by atoms with Crippen LogP contribution >= 0.6 is 11.8 Å². The Hall–Kier alpha value is -2.60. The average molecular weight is 338 g/mol. The molecule has 0 fully saturated rings. The number of hydrogen-bond donors (Lipinski definition) is 1. The number of aromatic nitrogens is 3. The van der Waals surface area contributed by atoms with Gasteiger partial charge in [0.05, 0.1) is 5.75 Å². The standard InChI is InChI=1S/C18H18N4OS/c1-13-7-9-15(10-8-13)22-17(11-14-5-3-2-4-6-14)20-21-18(22)24-12-16(19)23/h2-10H,11-12H2,1H3,(H2,19,23). The minimum absolute atomic E-state index is 0.176. The van der Waals surface area contributed by atoms with Crippen molar-refractivity contribution in [2.24, 2.45) is 5.73 Å². The van der Waals surface area contributed by atoms with Crippen molar-refractivity contribution in [3.8, 4) is 5.69 Å². The molecule has 0 saturated carbocycles. The molecule has 2 N–H and O–H groups in total. The predicted molar refractivity (Wildman–Crippen MR) is 95.3 cm³/mol. The number of benzene rings is 2. The number of hydrogen-bond acceptors (Lipinski definition) is 4. The van der Waals surface area contributed by atoms with Crippen LogP contribution in [0.5, 0.6) is 0 Å². The molecule has 24 heavy (non-hydrogen) atoms. The number of aryl methyl sites for hydroxylation is 1. The highest BCUT2D eigenvalue weighted by atomic mass is 32.2. The third kappa shape index (κ3) is 3.83. The normalized spacial score (nSPS) is 10.7. The summed E-state index contributed by atoms with van der Waals surface area (Å²) in [7, 11) is 0. The lowest BCUT2D eigenvalue weighted by atomic mass is 10.1. The van der Waals surface area contributed by atoms with Crippen LogP contribution in [-0.4, -0.2) is 26.4 Å². The van der Waals surface area contributed by atoms with Gasteiger partial charge >= 0.3 is 0 Å². The summed E-state index contributed by atoms with van der Waals surface area (Å²) in [4.78, 5) is 11.1. The molecule has 0 aliphatic heterocycles. The zero-order valence-electron chi connectivity index (χ0n) is 13.3. The molecule has 5 nitrogen and oxygen atoms in total. The Morgan fingerprint density at radius 3 is 2.46 bits per heavy atom. The van der Waals surface area contributed by atoms with Crippen LogP contribution in [0.3, 0.4) is 0 Å². The van der Waals surface area contributed by atoms with Crippen molar-refractivity contribution in [3.63, 3.8) is 0 Å². The van der Waals surface area contributed by atoms with E-state index < -0.39 is 0 Å². The summed E-state index contributed by atoms with van der Waals surface area (Å²) >= 11 is 1.30. The molecule has 0 spiro atoms. The summed E-state index contributed by atoms with van der Waals surface area (Å²) in [6.07, 6.45) is 0.666. The van der Waals surface area contributed by atoms with Crippen LogP contribution < -0.4 is 5.73 Å². The van der Waals surface area contributed by atoms with Crippen molar-refractivity contribution in [1.82, 2.24) is 14.8 Å². The number of amides is 1. The van der Waals surface area contributed by atoms with Gasteiger partial charge in [-0.25, -0.2) is 0 Å². The van der Waals surface area contributed by atoms with Crippen molar-refractivity contribution in [1.29, 1.82) is 0 Å². The number of rotatable bonds is 6. The Bertz CT molecular complexity index is 828. The van der Waals surface area contributed by atoms with Gasteiger partial charge in [-0.2, -0.15) is 0 Å². The summed E-state index contributed by atoms with van der Waals surface area (Å²) in [5, 5.41) is 9.25. The molecule has 0 saturated heterocycles. The molecule has 0 bridgehead atoms. The maximum Gasteiger partial charge on any atom is 0.227 e. The molecule has 6 heteroatoms. The van der Waals surface area contributed by atoms with Crippen LogP contribution in [0.4, 0.5) is 0 Å². The third-order valence-electron chi connectivity index (χ3n) is 3.54. The number of nitrogens with two attached hydrogens (primary N) is 1. The predicted octanol–water partition coefficient (Wildman–Crippen LogP) is 2.74. The Morgan fingerprint density at radius 1 is 1.08 bits per heavy atom. The van der Waals surface area contributed by atoms with E-state index in [1.807, 2.05) is 54.0 Å². The molecule has 1 aromatic heterocycles. The first-order valence-electron chi connectivity index (χ1n) is 7.60. The molecule has 122 valence electrons. The van der Waals surface area contributed by atoms with E-state index >= 15 is 0 Å². The molecular formula is C18H18N4OS. The fraction of sp³-hybridized carbons (Fsp3) is 0.167. The van der Waals surface area contributed by atoms with E-state index in [9.17, 15) is 4.79 Å². The molecule has 2 aromatic carbocycles. The van der Waals surface area contributed by atoms with E-state index in [1.165, 1.54) is 17.3 Å². The van der Waals surface area contributed by atoms with Gasteiger partial charge in [0.25, 0.3) is 0 Å². The van der Waals surface area contributed by atoms with E-state index in [-0.39, 0.29) is 11.7 Å². The van der Waals surface area contributed by atoms with Crippen LogP contribution in [0.2, 0.25) is 0 Å². The van der Waals surface area contributed by atoms with Crippen molar-refractivity contribution in [2.75, 3.05) is 5.75 Å². The van der Waals surface area contributed by atoms with Gasteiger partial charge in [0.1, 0.15) is 5.82 Å². The van der Waals surface area contributed by atoms with Crippen LogP contribution in [0, 0.1) is 6.92 Å². The van der Waals surface area contributed by atoms with Crippen LogP contribution in [-0.2, 0) is 11.2 Å². The quantitative estimate of drug-likeness (QED) is 0.701. The summed E-state index contributed by atoms with van der Waals surface area (Å²) in [5.74, 6) is 0.634. The van der Waals surface area contributed by atoms with Gasteiger partial charge in [-0.1, -0.05) is 59.8 Å². The number of thioether (sulfide) groups is 1. The second kappa shape index (κ2) is 7.31. The van der Waals surface area contributed by atoms with Gasteiger partial charge in [-0.05, 0) is 24.6 Å². The fourth-order valence-corrected chi connectivity index (χ4v) is 3.09. The van der Waals surface area contributed by atoms with Crippen molar-refractivity contribution in [2.45, 2.75) is 18.5 Å². The van der Waals surface area contributed by atoms with E-state index in [4.69, 9.17) is 5.73 Å². The van der Waals surface area contributed by atoms with Crippen molar-refractivity contribution < 1.29 is 4.79 Å². The highest BCUT2D eigenvalue weighted by Gasteiger charge is 2.15. The largest absolute Gasteiger partial charge is 0.369 e. The number of primary amides is 1. The summed E-state index contributed by atoms with van der Waals surface area (Å²) in [6.45, 7) is 2.05. The first kappa shape index (κ1) is 16.3. The molecule has 1 heterocycles. The first-order chi connectivity index (χ1) is 11.6. The van der Waals surface area contributed by atoms with E-state index in [0.717, 1.165) is 17.1 Å². The Kier molecular flexibility index (Phi) is 4.96. The van der Waals surface area contributed by atoms with E-state index in [0.29, 0.717) is 11.6 Å². The molecule has 0 radical (unpaired) electrons. The average Bonchev–Trinajstić information content (AvgIpc) is 2.97. The molecule has 1 amide bonds. The maximum atomic E-state index is 11.1. The molecule has 3 aromatic rings. The molecule has 3 rings (SSSR count). The third-order valence-corrected chi connectivity index (χ3v) is 4.49. The molecule has 0 unspecified atom stereocenters. The van der Waals surface area contributed by atoms with Gasteiger partial charge in [0.2, 0.25) is 5.91 Å². The summed E-state index contributed by atoms with van der Waals surface area (Å²) in [5.41, 5.74) is 8.58. The van der Waals surface area contributed by atoms with Gasteiger partial charge < -0.3 is 5.73 Å². The SMILES string of the molecule is Cc1ccc(-n2c(Cc3ccccc3)nnc2SCC(N)=O)cc1. The molecule has 0 aliphatic rings. The Morgan fingerprint density at radius 2 is 1.79 bits per heavy atom. The second-order valence-corrected chi connectivity index (χ2v) is 6.43.